The first kappa shape index (κ1) is 14.2. The summed E-state index contributed by atoms with van der Waals surface area (Å²) in [5, 5.41) is 19.2. The van der Waals surface area contributed by atoms with Gasteiger partial charge in [0.2, 0.25) is 0 Å². The summed E-state index contributed by atoms with van der Waals surface area (Å²) in [6, 6.07) is 14.2. The molecule has 2 atom stereocenters. The van der Waals surface area contributed by atoms with Crippen molar-refractivity contribution in [2.24, 2.45) is 0 Å². The number of aliphatic hydroxyl groups excluding tert-OH is 2. The molecule has 0 bridgehead atoms. The topological polar surface area (TPSA) is 56.6 Å². The van der Waals surface area contributed by atoms with Crippen LogP contribution in [0.4, 0.5) is 0 Å². The van der Waals surface area contributed by atoms with Crippen molar-refractivity contribution in [2.75, 3.05) is 13.2 Å². The lowest BCUT2D eigenvalue weighted by molar-refractivity contribution is 0.150. The molecule has 1 aliphatic heterocycles. The first-order valence-electron chi connectivity index (χ1n) is 7.29. The second-order valence-corrected chi connectivity index (χ2v) is 5.57. The molecule has 1 aromatic carbocycles. The Morgan fingerprint density at radius 1 is 1.19 bits per heavy atom. The zero-order valence-corrected chi connectivity index (χ0v) is 11.9. The molecule has 1 aliphatic rings. The Labute approximate surface area is 124 Å². The van der Waals surface area contributed by atoms with Gasteiger partial charge >= 0.3 is 0 Å². The number of aromatic nitrogens is 1. The SMILES string of the molecule is OC[C@@H]1C[C@@H](O)CN1Cc1cccc(-c2ccccn2)c1. The summed E-state index contributed by atoms with van der Waals surface area (Å²) >= 11 is 0. The summed E-state index contributed by atoms with van der Waals surface area (Å²) in [5.41, 5.74) is 3.22. The third kappa shape index (κ3) is 3.29. The fourth-order valence-electron chi connectivity index (χ4n) is 2.94. The third-order valence-electron chi connectivity index (χ3n) is 3.99. The van der Waals surface area contributed by atoms with Crippen molar-refractivity contribution >= 4 is 0 Å². The minimum Gasteiger partial charge on any atom is -0.395 e. The summed E-state index contributed by atoms with van der Waals surface area (Å²) in [5.74, 6) is 0. The Morgan fingerprint density at radius 2 is 2.10 bits per heavy atom. The average molecular weight is 284 g/mol. The number of hydrogen-bond acceptors (Lipinski definition) is 4. The maximum absolute atomic E-state index is 9.75. The predicted molar refractivity (Wildman–Crippen MR) is 81.6 cm³/mol. The van der Waals surface area contributed by atoms with Gasteiger partial charge in [-0.15, -0.1) is 0 Å². The summed E-state index contributed by atoms with van der Waals surface area (Å²) in [6.45, 7) is 1.46. The van der Waals surface area contributed by atoms with Gasteiger partial charge in [0, 0.05) is 30.9 Å². The fraction of sp³-hybridized carbons (Fsp3) is 0.353. The number of aliphatic hydroxyl groups is 2. The number of hydrogen-bond donors (Lipinski definition) is 2. The molecule has 0 aliphatic carbocycles. The van der Waals surface area contributed by atoms with E-state index in [1.165, 1.54) is 5.56 Å². The summed E-state index contributed by atoms with van der Waals surface area (Å²) < 4.78 is 0. The number of nitrogens with zero attached hydrogens (tertiary/aromatic N) is 2. The van der Waals surface area contributed by atoms with Crippen LogP contribution in [0.3, 0.4) is 0 Å². The molecule has 2 heterocycles. The molecule has 3 rings (SSSR count). The largest absolute Gasteiger partial charge is 0.395 e. The molecule has 1 fully saturated rings. The van der Waals surface area contributed by atoms with Gasteiger partial charge < -0.3 is 10.2 Å². The van der Waals surface area contributed by atoms with Gasteiger partial charge in [-0.25, -0.2) is 0 Å². The Hall–Kier alpha value is -1.75. The van der Waals surface area contributed by atoms with Gasteiger partial charge in [-0.05, 0) is 30.2 Å². The molecule has 2 aromatic rings. The van der Waals surface area contributed by atoms with E-state index >= 15 is 0 Å². The van der Waals surface area contributed by atoms with Crippen LogP contribution < -0.4 is 0 Å². The van der Waals surface area contributed by atoms with E-state index in [2.05, 4.69) is 22.0 Å². The van der Waals surface area contributed by atoms with Crippen molar-refractivity contribution in [2.45, 2.75) is 25.1 Å². The second kappa shape index (κ2) is 6.35. The maximum Gasteiger partial charge on any atom is 0.0702 e. The van der Waals surface area contributed by atoms with Crippen LogP contribution in [0.15, 0.2) is 48.7 Å². The Morgan fingerprint density at radius 3 is 2.86 bits per heavy atom. The fourth-order valence-corrected chi connectivity index (χ4v) is 2.94. The van der Waals surface area contributed by atoms with Crippen molar-refractivity contribution in [3.05, 3.63) is 54.2 Å². The zero-order chi connectivity index (χ0) is 14.7. The van der Waals surface area contributed by atoms with E-state index < -0.39 is 0 Å². The lowest BCUT2D eigenvalue weighted by Gasteiger charge is -2.22. The molecule has 21 heavy (non-hydrogen) atoms. The van der Waals surface area contributed by atoms with Crippen LogP contribution in [0.2, 0.25) is 0 Å². The Kier molecular flexibility index (Phi) is 4.29. The molecule has 0 spiro atoms. The van der Waals surface area contributed by atoms with E-state index in [1.54, 1.807) is 6.20 Å². The molecule has 110 valence electrons. The normalized spacial score (nSPS) is 22.6. The maximum atomic E-state index is 9.75. The number of benzene rings is 1. The predicted octanol–water partition coefficient (Wildman–Crippen LogP) is 1.68. The average Bonchev–Trinajstić information content (AvgIpc) is 2.88. The highest BCUT2D eigenvalue weighted by molar-refractivity contribution is 5.59. The van der Waals surface area contributed by atoms with Gasteiger partial charge in [0.25, 0.3) is 0 Å². The summed E-state index contributed by atoms with van der Waals surface area (Å²) in [7, 11) is 0. The highest BCUT2D eigenvalue weighted by Crippen LogP contribution is 2.23. The number of β-amino-alcohol motifs (C(OH)–C–C–N with tert-alkyl or cyclic N) is 1. The van der Waals surface area contributed by atoms with Crippen molar-refractivity contribution in [1.82, 2.24) is 9.88 Å². The van der Waals surface area contributed by atoms with Crippen molar-refractivity contribution in [3.8, 4) is 11.3 Å². The molecular weight excluding hydrogens is 264 g/mol. The summed E-state index contributed by atoms with van der Waals surface area (Å²) in [6.07, 6.45) is 2.11. The third-order valence-corrected chi connectivity index (χ3v) is 3.99. The van der Waals surface area contributed by atoms with E-state index in [0.29, 0.717) is 13.0 Å². The molecule has 2 N–H and O–H groups in total. The zero-order valence-electron chi connectivity index (χ0n) is 11.9. The van der Waals surface area contributed by atoms with Gasteiger partial charge in [0.1, 0.15) is 0 Å². The van der Waals surface area contributed by atoms with Gasteiger partial charge in [0.15, 0.2) is 0 Å². The molecule has 0 amide bonds. The second-order valence-electron chi connectivity index (χ2n) is 5.57. The van der Waals surface area contributed by atoms with Crippen molar-refractivity contribution in [1.29, 1.82) is 0 Å². The lowest BCUT2D eigenvalue weighted by atomic mass is 10.1. The molecule has 4 heteroatoms. The minimum absolute atomic E-state index is 0.0542. The number of likely N-dealkylation sites (tertiary alicyclic amines) is 1. The van der Waals surface area contributed by atoms with E-state index in [1.807, 2.05) is 30.3 Å². The lowest BCUT2D eigenvalue weighted by Crippen LogP contribution is -2.31. The van der Waals surface area contributed by atoms with Gasteiger partial charge in [-0.1, -0.05) is 24.3 Å². The monoisotopic (exact) mass is 284 g/mol. The van der Waals surface area contributed by atoms with Crippen LogP contribution in [0.5, 0.6) is 0 Å². The van der Waals surface area contributed by atoms with Crippen LogP contribution in [-0.2, 0) is 6.54 Å². The van der Waals surface area contributed by atoms with Crippen LogP contribution in [0.25, 0.3) is 11.3 Å². The van der Waals surface area contributed by atoms with Gasteiger partial charge in [-0.2, -0.15) is 0 Å². The number of rotatable bonds is 4. The molecule has 1 aromatic heterocycles. The van der Waals surface area contributed by atoms with Crippen LogP contribution in [-0.4, -0.2) is 45.4 Å². The molecule has 0 saturated carbocycles. The van der Waals surface area contributed by atoms with Crippen molar-refractivity contribution < 1.29 is 10.2 Å². The highest BCUT2D eigenvalue weighted by atomic mass is 16.3. The number of pyridine rings is 1. The summed E-state index contributed by atoms with van der Waals surface area (Å²) in [4.78, 5) is 6.51. The molecule has 0 unspecified atom stereocenters. The Balaban J connectivity index is 1.78. The first-order valence-corrected chi connectivity index (χ1v) is 7.29. The molecule has 4 nitrogen and oxygen atoms in total. The smallest absolute Gasteiger partial charge is 0.0702 e. The standard InChI is InChI=1S/C17H20N2O2/c20-12-15-9-16(21)11-19(15)10-13-4-3-5-14(8-13)17-6-1-2-7-18-17/h1-8,15-16,20-21H,9-12H2/t15-,16+/m0/s1. The Bertz CT molecular complexity index is 588. The quantitative estimate of drug-likeness (QED) is 0.897. The first-order chi connectivity index (χ1) is 10.3. The van der Waals surface area contributed by atoms with E-state index in [9.17, 15) is 10.2 Å². The molecule has 1 saturated heterocycles. The highest BCUT2D eigenvalue weighted by Gasteiger charge is 2.30. The van der Waals surface area contributed by atoms with E-state index in [-0.39, 0.29) is 18.8 Å². The van der Waals surface area contributed by atoms with Crippen molar-refractivity contribution in [3.63, 3.8) is 0 Å². The van der Waals surface area contributed by atoms with E-state index in [4.69, 9.17) is 0 Å². The van der Waals surface area contributed by atoms with Gasteiger partial charge in [-0.3, -0.25) is 9.88 Å². The van der Waals surface area contributed by atoms with Crippen LogP contribution in [0.1, 0.15) is 12.0 Å². The van der Waals surface area contributed by atoms with Crippen LogP contribution in [0, 0.1) is 0 Å². The molecule has 0 radical (unpaired) electrons. The van der Waals surface area contributed by atoms with E-state index in [0.717, 1.165) is 17.8 Å². The molecular formula is C17H20N2O2. The minimum atomic E-state index is -0.332. The van der Waals surface area contributed by atoms with Crippen LogP contribution >= 0.6 is 0 Å². The van der Waals surface area contributed by atoms with Gasteiger partial charge in [0.05, 0.1) is 18.4 Å².